The molecule has 0 spiro atoms. The maximum absolute atomic E-state index is 12.1. The average molecular weight is 413 g/mol. The smallest absolute Gasteiger partial charge is 0.225 e. The second-order valence-electron chi connectivity index (χ2n) is 6.44. The van der Waals surface area contributed by atoms with Gasteiger partial charge in [0.25, 0.3) is 0 Å². The molecule has 0 saturated carbocycles. The molecule has 0 radical (unpaired) electrons. The van der Waals surface area contributed by atoms with Crippen LogP contribution in [0.25, 0.3) is 0 Å². The highest BCUT2D eigenvalue weighted by Gasteiger charge is 2.11. The molecule has 2 aromatic carbocycles. The van der Waals surface area contributed by atoms with Crippen molar-refractivity contribution in [1.29, 1.82) is 0 Å². The van der Waals surface area contributed by atoms with Crippen LogP contribution in [0.5, 0.6) is 11.5 Å². The van der Waals surface area contributed by atoms with Gasteiger partial charge in [-0.3, -0.25) is 4.79 Å². The predicted molar refractivity (Wildman–Crippen MR) is 113 cm³/mol. The fourth-order valence-electron chi connectivity index (χ4n) is 2.62. The number of nitrogens with zero attached hydrogens (tertiary/aromatic N) is 3. The van der Waals surface area contributed by atoms with Gasteiger partial charge in [-0.2, -0.15) is 0 Å². The molecule has 0 aliphatic carbocycles. The van der Waals surface area contributed by atoms with E-state index in [1.165, 1.54) is 11.8 Å². The van der Waals surface area contributed by atoms with Gasteiger partial charge < -0.3 is 19.4 Å². The van der Waals surface area contributed by atoms with Crippen LogP contribution in [-0.4, -0.2) is 33.5 Å². The zero-order valence-electron chi connectivity index (χ0n) is 16.7. The van der Waals surface area contributed by atoms with E-state index in [0.29, 0.717) is 30.4 Å². The fourth-order valence-corrected chi connectivity index (χ4v) is 3.48. The Morgan fingerprint density at radius 2 is 1.93 bits per heavy atom. The standard InChI is InChI=1S/C21H24N4O3S/c1-15-6-4-7-16(12-15)22-20(26)10-11-29-21-24-23-19(25(21)2)14-28-18-9-5-8-17(13-18)27-3/h4-9,12-13H,10-11,14H2,1-3H3,(H,22,26). The summed E-state index contributed by atoms with van der Waals surface area (Å²) in [6, 6.07) is 15.2. The van der Waals surface area contributed by atoms with Crippen molar-refractivity contribution in [3.63, 3.8) is 0 Å². The monoisotopic (exact) mass is 412 g/mol. The normalized spacial score (nSPS) is 10.6. The number of benzene rings is 2. The molecule has 0 aliphatic heterocycles. The van der Waals surface area contributed by atoms with E-state index in [0.717, 1.165) is 22.2 Å². The SMILES string of the molecule is COc1cccc(OCc2nnc(SCCC(=O)Nc3cccc(C)c3)n2C)c1. The number of methoxy groups -OCH3 is 1. The Kier molecular flexibility index (Phi) is 7.13. The molecule has 7 nitrogen and oxygen atoms in total. The summed E-state index contributed by atoms with van der Waals surface area (Å²) in [5.41, 5.74) is 1.93. The summed E-state index contributed by atoms with van der Waals surface area (Å²) in [4.78, 5) is 12.1. The third-order valence-corrected chi connectivity index (χ3v) is 5.22. The second kappa shape index (κ2) is 9.97. The van der Waals surface area contributed by atoms with Crippen molar-refractivity contribution >= 4 is 23.4 Å². The third kappa shape index (κ3) is 5.99. The van der Waals surface area contributed by atoms with Gasteiger partial charge in [-0.05, 0) is 36.8 Å². The molecule has 0 atom stereocenters. The van der Waals surface area contributed by atoms with Crippen LogP contribution < -0.4 is 14.8 Å². The minimum atomic E-state index is -0.0214. The molecular weight excluding hydrogens is 388 g/mol. The number of thioether (sulfide) groups is 1. The molecule has 0 unspecified atom stereocenters. The molecule has 1 aromatic heterocycles. The number of nitrogens with one attached hydrogen (secondary N) is 1. The van der Waals surface area contributed by atoms with E-state index in [2.05, 4.69) is 15.5 Å². The molecule has 29 heavy (non-hydrogen) atoms. The van der Waals surface area contributed by atoms with Crippen molar-refractivity contribution in [3.05, 3.63) is 59.9 Å². The highest BCUT2D eigenvalue weighted by molar-refractivity contribution is 7.99. The Morgan fingerprint density at radius 1 is 1.14 bits per heavy atom. The summed E-state index contributed by atoms with van der Waals surface area (Å²) >= 11 is 1.49. The summed E-state index contributed by atoms with van der Waals surface area (Å²) in [5, 5.41) is 12.0. The first-order chi connectivity index (χ1) is 14.0. The highest BCUT2D eigenvalue weighted by atomic mass is 32.2. The van der Waals surface area contributed by atoms with E-state index in [1.807, 2.05) is 67.1 Å². The number of carbonyl (C=O) groups excluding carboxylic acids is 1. The number of carbonyl (C=O) groups is 1. The quantitative estimate of drug-likeness (QED) is 0.538. The molecule has 0 aliphatic rings. The zero-order chi connectivity index (χ0) is 20.6. The molecular formula is C21H24N4O3S. The van der Waals surface area contributed by atoms with Crippen molar-refractivity contribution in [1.82, 2.24) is 14.8 Å². The first-order valence-corrected chi connectivity index (χ1v) is 10.2. The van der Waals surface area contributed by atoms with E-state index in [-0.39, 0.29) is 5.91 Å². The van der Waals surface area contributed by atoms with Crippen molar-refractivity contribution in [2.75, 3.05) is 18.2 Å². The topological polar surface area (TPSA) is 78.3 Å². The lowest BCUT2D eigenvalue weighted by Gasteiger charge is -2.08. The highest BCUT2D eigenvalue weighted by Crippen LogP contribution is 2.21. The van der Waals surface area contributed by atoms with Gasteiger partial charge >= 0.3 is 0 Å². The Morgan fingerprint density at radius 3 is 2.72 bits per heavy atom. The Balaban J connectivity index is 1.47. The number of hydrogen-bond donors (Lipinski definition) is 1. The van der Waals surface area contributed by atoms with Gasteiger partial charge in [-0.25, -0.2) is 0 Å². The summed E-state index contributed by atoms with van der Waals surface area (Å²) in [6.07, 6.45) is 0.390. The first-order valence-electron chi connectivity index (χ1n) is 9.19. The van der Waals surface area contributed by atoms with Crippen LogP contribution in [0, 0.1) is 6.92 Å². The Bertz CT molecular complexity index is 974. The van der Waals surface area contributed by atoms with Crippen LogP contribution in [0.4, 0.5) is 5.69 Å². The molecule has 1 amide bonds. The van der Waals surface area contributed by atoms with Gasteiger partial charge in [-0.15, -0.1) is 10.2 Å². The Hall–Kier alpha value is -3.00. The molecule has 0 bridgehead atoms. The van der Waals surface area contributed by atoms with E-state index in [4.69, 9.17) is 9.47 Å². The lowest BCUT2D eigenvalue weighted by atomic mass is 10.2. The van der Waals surface area contributed by atoms with E-state index >= 15 is 0 Å². The molecule has 1 heterocycles. The third-order valence-electron chi connectivity index (χ3n) is 4.20. The summed E-state index contributed by atoms with van der Waals surface area (Å²) in [5.74, 6) is 2.74. The maximum atomic E-state index is 12.1. The number of aryl methyl sites for hydroxylation is 1. The molecule has 8 heteroatoms. The summed E-state index contributed by atoms with van der Waals surface area (Å²) < 4.78 is 12.8. The lowest BCUT2D eigenvalue weighted by Crippen LogP contribution is -2.12. The van der Waals surface area contributed by atoms with Crippen molar-refractivity contribution in [2.24, 2.45) is 7.05 Å². The fraction of sp³-hybridized carbons (Fsp3) is 0.286. The van der Waals surface area contributed by atoms with Crippen LogP contribution >= 0.6 is 11.8 Å². The van der Waals surface area contributed by atoms with Gasteiger partial charge in [0.15, 0.2) is 11.0 Å². The van der Waals surface area contributed by atoms with Crippen molar-refractivity contribution in [3.8, 4) is 11.5 Å². The lowest BCUT2D eigenvalue weighted by molar-refractivity contribution is -0.115. The Labute approximate surface area is 174 Å². The minimum absolute atomic E-state index is 0.0214. The number of anilines is 1. The van der Waals surface area contributed by atoms with Crippen molar-refractivity contribution < 1.29 is 14.3 Å². The first kappa shape index (κ1) is 20.7. The van der Waals surface area contributed by atoms with E-state index < -0.39 is 0 Å². The molecule has 3 rings (SSSR count). The molecule has 0 saturated heterocycles. The van der Waals surface area contributed by atoms with E-state index in [9.17, 15) is 4.79 Å². The van der Waals surface area contributed by atoms with Gasteiger partial charge in [0.1, 0.15) is 18.1 Å². The van der Waals surface area contributed by atoms with Gasteiger partial charge in [0, 0.05) is 31.0 Å². The second-order valence-corrected chi connectivity index (χ2v) is 7.50. The van der Waals surface area contributed by atoms with Crippen LogP contribution in [0.3, 0.4) is 0 Å². The zero-order valence-corrected chi connectivity index (χ0v) is 17.5. The van der Waals surface area contributed by atoms with Gasteiger partial charge in [0.2, 0.25) is 5.91 Å². The van der Waals surface area contributed by atoms with Crippen LogP contribution in [0.2, 0.25) is 0 Å². The molecule has 152 valence electrons. The van der Waals surface area contributed by atoms with E-state index in [1.54, 1.807) is 7.11 Å². The molecule has 1 N–H and O–H groups in total. The predicted octanol–water partition coefficient (Wildman–Crippen LogP) is 3.83. The van der Waals surface area contributed by atoms with Crippen LogP contribution in [-0.2, 0) is 18.4 Å². The summed E-state index contributed by atoms with van der Waals surface area (Å²) in [6.45, 7) is 2.29. The van der Waals surface area contributed by atoms with Crippen LogP contribution in [0.15, 0.2) is 53.7 Å². The number of hydrogen-bond acceptors (Lipinski definition) is 6. The number of amides is 1. The number of aromatic nitrogens is 3. The minimum Gasteiger partial charge on any atom is -0.497 e. The number of ether oxygens (including phenoxy) is 2. The van der Waals surface area contributed by atoms with Crippen molar-refractivity contribution in [2.45, 2.75) is 25.1 Å². The average Bonchev–Trinajstić information content (AvgIpc) is 3.06. The van der Waals surface area contributed by atoms with Gasteiger partial charge in [0.05, 0.1) is 7.11 Å². The molecule has 3 aromatic rings. The number of rotatable bonds is 9. The maximum Gasteiger partial charge on any atom is 0.225 e. The van der Waals surface area contributed by atoms with Crippen LogP contribution in [0.1, 0.15) is 17.8 Å². The van der Waals surface area contributed by atoms with Gasteiger partial charge in [-0.1, -0.05) is 30.0 Å². The largest absolute Gasteiger partial charge is 0.497 e. The molecule has 0 fully saturated rings. The summed E-state index contributed by atoms with van der Waals surface area (Å²) in [7, 11) is 3.51.